The number of carbonyl (C=O) groups is 1. The van der Waals surface area contributed by atoms with Crippen LogP contribution in [0.1, 0.15) is 31.4 Å². The van der Waals surface area contributed by atoms with E-state index in [0.29, 0.717) is 15.9 Å². The summed E-state index contributed by atoms with van der Waals surface area (Å²) < 4.78 is 24.1. The van der Waals surface area contributed by atoms with Gasteiger partial charge in [-0.15, -0.1) is 10.2 Å². The molecule has 1 saturated heterocycles. The minimum absolute atomic E-state index is 0.0513. The van der Waals surface area contributed by atoms with E-state index >= 15 is 0 Å². The number of nitrogens with one attached hydrogen (secondary N) is 1. The molecule has 10 heteroatoms. The first-order valence-corrected chi connectivity index (χ1v) is 13.0. The molecule has 7 nitrogen and oxygen atoms in total. The van der Waals surface area contributed by atoms with E-state index in [1.165, 1.54) is 28.7 Å². The maximum absolute atomic E-state index is 12.7. The Morgan fingerprint density at radius 1 is 1.41 bits per heavy atom. The summed E-state index contributed by atoms with van der Waals surface area (Å²) in [5, 5.41) is 12.1. The van der Waals surface area contributed by atoms with Gasteiger partial charge in [-0.1, -0.05) is 48.2 Å². The van der Waals surface area contributed by atoms with E-state index in [-0.39, 0.29) is 28.7 Å². The minimum Gasteiger partial charge on any atom is -0.341 e. The fraction of sp³-hybridized carbons (Fsp3) is 0.526. The van der Waals surface area contributed by atoms with Gasteiger partial charge in [-0.3, -0.25) is 4.79 Å². The molecule has 0 spiro atoms. The van der Waals surface area contributed by atoms with Crippen molar-refractivity contribution in [2.75, 3.05) is 23.9 Å². The number of aromatic nitrogens is 2. The number of hydrogen-bond donors (Lipinski definition) is 1. The number of carbonyl (C=O) groups excluding carboxylic acids is 1. The van der Waals surface area contributed by atoms with E-state index in [9.17, 15) is 13.2 Å². The molecule has 1 aromatic heterocycles. The molecule has 1 fully saturated rings. The zero-order chi connectivity index (χ0) is 21.2. The van der Waals surface area contributed by atoms with Crippen LogP contribution in [0.3, 0.4) is 0 Å². The number of rotatable bonds is 7. The second-order valence-electron chi connectivity index (χ2n) is 7.23. The molecule has 1 aliphatic rings. The van der Waals surface area contributed by atoms with Crippen LogP contribution in [0, 0.1) is 6.92 Å². The van der Waals surface area contributed by atoms with Gasteiger partial charge in [0.25, 0.3) is 0 Å². The summed E-state index contributed by atoms with van der Waals surface area (Å²) in [5.74, 6) is 0.116. The molecule has 1 aliphatic heterocycles. The Morgan fingerprint density at radius 3 is 2.83 bits per heavy atom. The molecule has 1 amide bonds. The first-order chi connectivity index (χ1) is 13.7. The summed E-state index contributed by atoms with van der Waals surface area (Å²) in [6.07, 6.45) is 1.42. The number of para-hydroxylation sites is 1. The zero-order valence-electron chi connectivity index (χ0n) is 17.0. The lowest BCUT2D eigenvalue weighted by atomic mass is 10.1. The second kappa shape index (κ2) is 9.01. The molecule has 3 rings (SSSR count). The van der Waals surface area contributed by atoms with Crippen LogP contribution in [0.2, 0.25) is 0 Å². The van der Waals surface area contributed by atoms with Crippen molar-refractivity contribution < 1.29 is 13.2 Å². The predicted molar refractivity (Wildman–Crippen MR) is 119 cm³/mol. The molecular formula is C19H26N4O3S3. The molecule has 0 bridgehead atoms. The predicted octanol–water partition coefficient (Wildman–Crippen LogP) is 3.28. The van der Waals surface area contributed by atoms with E-state index < -0.39 is 9.84 Å². The van der Waals surface area contributed by atoms with Crippen LogP contribution in [0.25, 0.3) is 0 Å². The third kappa shape index (κ3) is 5.29. The Morgan fingerprint density at radius 2 is 2.17 bits per heavy atom. The van der Waals surface area contributed by atoms with E-state index in [2.05, 4.69) is 41.5 Å². The second-order valence-corrected chi connectivity index (χ2v) is 12.0. The van der Waals surface area contributed by atoms with Gasteiger partial charge < -0.3 is 10.2 Å². The lowest BCUT2D eigenvalue weighted by molar-refractivity contribution is -0.130. The first kappa shape index (κ1) is 22.0. The molecule has 0 saturated carbocycles. The van der Waals surface area contributed by atoms with Gasteiger partial charge in [0, 0.05) is 18.8 Å². The topological polar surface area (TPSA) is 92.3 Å². The van der Waals surface area contributed by atoms with Crippen molar-refractivity contribution in [2.24, 2.45) is 0 Å². The fourth-order valence-corrected chi connectivity index (χ4v) is 7.14. The van der Waals surface area contributed by atoms with Gasteiger partial charge in [0.1, 0.15) is 0 Å². The summed E-state index contributed by atoms with van der Waals surface area (Å²) >= 11 is 2.76. The number of sulfone groups is 1. The third-order valence-corrected chi connectivity index (χ3v) is 8.87. The summed E-state index contributed by atoms with van der Waals surface area (Å²) in [6, 6.07) is 5.94. The number of benzene rings is 1. The Bertz CT molecular complexity index is 990. The van der Waals surface area contributed by atoms with Crippen molar-refractivity contribution in [3.63, 3.8) is 0 Å². The molecule has 158 valence electrons. The smallest absolute Gasteiger partial charge is 0.235 e. The minimum atomic E-state index is -3.02. The van der Waals surface area contributed by atoms with E-state index in [1.54, 1.807) is 11.9 Å². The Hall–Kier alpha value is -1.65. The van der Waals surface area contributed by atoms with Crippen LogP contribution in [0.15, 0.2) is 22.5 Å². The molecule has 2 unspecified atom stereocenters. The first-order valence-electron chi connectivity index (χ1n) is 9.53. The molecule has 2 atom stereocenters. The number of thioether (sulfide) groups is 1. The van der Waals surface area contributed by atoms with Gasteiger partial charge in [-0.25, -0.2) is 8.42 Å². The van der Waals surface area contributed by atoms with Crippen molar-refractivity contribution in [2.45, 2.75) is 49.2 Å². The average Bonchev–Trinajstić information content (AvgIpc) is 3.27. The van der Waals surface area contributed by atoms with Crippen molar-refractivity contribution >= 4 is 49.7 Å². The number of nitrogens with zero attached hydrogens (tertiary/aromatic N) is 3. The van der Waals surface area contributed by atoms with Crippen molar-refractivity contribution in [3.8, 4) is 0 Å². The van der Waals surface area contributed by atoms with Crippen LogP contribution in [-0.4, -0.2) is 59.3 Å². The molecule has 2 aromatic rings. The van der Waals surface area contributed by atoms with Crippen LogP contribution in [-0.2, 0) is 21.1 Å². The standard InChI is InChI=1S/C19H26N4O3S3/c1-5-14-8-6-7-12(2)16(14)20-18-21-22-19(28-18)27-13(3)17(24)23(4)15-9-10-29(25,26)11-15/h6-8,13,15H,5,9-11H2,1-4H3,(H,20,21). The van der Waals surface area contributed by atoms with Crippen molar-refractivity contribution in [1.82, 2.24) is 15.1 Å². The molecule has 1 aromatic carbocycles. The highest BCUT2D eigenvalue weighted by Crippen LogP contribution is 2.33. The molecule has 0 aliphatic carbocycles. The number of amides is 1. The highest BCUT2D eigenvalue weighted by atomic mass is 32.2. The van der Waals surface area contributed by atoms with E-state index in [4.69, 9.17) is 0 Å². The normalized spacial score (nSPS) is 19.1. The Balaban J connectivity index is 1.63. The molecule has 1 N–H and O–H groups in total. The molecule has 29 heavy (non-hydrogen) atoms. The van der Waals surface area contributed by atoms with Crippen molar-refractivity contribution in [1.29, 1.82) is 0 Å². The van der Waals surface area contributed by atoms with E-state index in [0.717, 1.165) is 17.7 Å². The summed E-state index contributed by atoms with van der Waals surface area (Å²) in [6.45, 7) is 5.98. The number of aryl methyl sites for hydroxylation is 2. The lowest BCUT2D eigenvalue weighted by Gasteiger charge is -2.25. The largest absolute Gasteiger partial charge is 0.341 e. The maximum Gasteiger partial charge on any atom is 0.235 e. The van der Waals surface area contributed by atoms with Crippen LogP contribution in [0.5, 0.6) is 0 Å². The summed E-state index contributed by atoms with van der Waals surface area (Å²) in [7, 11) is -1.34. The third-order valence-electron chi connectivity index (χ3n) is 5.11. The molecule has 2 heterocycles. The number of hydrogen-bond acceptors (Lipinski definition) is 8. The van der Waals surface area contributed by atoms with Gasteiger partial charge in [0.05, 0.1) is 16.8 Å². The van der Waals surface area contributed by atoms with Gasteiger partial charge in [-0.2, -0.15) is 0 Å². The van der Waals surface area contributed by atoms with Crippen LogP contribution < -0.4 is 5.32 Å². The quantitative estimate of drug-likeness (QED) is 0.642. The monoisotopic (exact) mass is 454 g/mol. The van der Waals surface area contributed by atoms with Gasteiger partial charge in [0.15, 0.2) is 14.2 Å². The summed E-state index contributed by atoms with van der Waals surface area (Å²) in [4.78, 5) is 14.3. The number of anilines is 2. The van der Waals surface area contributed by atoms with Crippen LogP contribution in [0.4, 0.5) is 10.8 Å². The average molecular weight is 455 g/mol. The summed E-state index contributed by atoms with van der Waals surface area (Å²) in [5.41, 5.74) is 3.41. The highest BCUT2D eigenvalue weighted by molar-refractivity contribution is 8.02. The van der Waals surface area contributed by atoms with Crippen LogP contribution >= 0.6 is 23.1 Å². The molecular weight excluding hydrogens is 428 g/mol. The van der Waals surface area contributed by atoms with E-state index in [1.807, 2.05) is 13.0 Å². The lowest BCUT2D eigenvalue weighted by Crippen LogP contribution is -2.41. The Labute approximate surface area is 180 Å². The van der Waals surface area contributed by atoms with Gasteiger partial charge >= 0.3 is 0 Å². The SMILES string of the molecule is CCc1cccc(C)c1Nc1nnc(SC(C)C(=O)N(C)C2CCS(=O)(=O)C2)s1. The van der Waals surface area contributed by atoms with Gasteiger partial charge in [-0.05, 0) is 37.8 Å². The zero-order valence-corrected chi connectivity index (χ0v) is 19.5. The van der Waals surface area contributed by atoms with Crippen molar-refractivity contribution in [3.05, 3.63) is 29.3 Å². The highest BCUT2D eigenvalue weighted by Gasteiger charge is 2.34. The fourth-order valence-electron chi connectivity index (χ4n) is 3.37. The maximum atomic E-state index is 12.7. The Kier molecular flexibility index (Phi) is 6.85. The van der Waals surface area contributed by atoms with Gasteiger partial charge in [0.2, 0.25) is 11.0 Å². The molecule has 0 radical (unpaired) electrons.